The van der Waals surface area contributed by atoms with E-state index in [1.165, 1.54) is 0 Å². The zero-order chi connectivity index (χ0) is 29.0. The molecule has 3 aromatic carbocycles. The van der Waals surface area contributed by atoms with E-state index < -0.39 is 6.04 Å². The number of benzene rings is 3. The van der Waals surface area contributed by atoms with E-state index in [-0.39, 0.29) is 30.8 Å². The van der Waals surface area contributed by atoms with Crippen LogP contribution in [-0.4, -0.2) is 42.0 Å². The van der Waals surface area contributed by atoms with Crippen molar-refractivity contribution in [3.8, 4) is 11.5 Å². The van der Waals surface area contributed by atoms with Crippen LogP contribution in [0.4, 0.5) is 0 Å². The van der Waals surface area contributed by atoms with Gasteiger partial charge < -0.3 is 19.7 Å². The summed E-state index contributed by atoms with van der Waals surface area (Å²) in [7, 11) is 0. The average molecular weight is 577 g/mol. The highest BCUT2D eigenvalue weighted by molar-refractivity contribution is 6.31. The second kappa shape index (κ2) is 15.5. The molecule has 4 rings (SSSR count). The maximum Gasteiger partial charge on any atom is 0.243 e. The molecule has 6 nitrogen and oxygen atoms in total. The molecule has 0 aromatic heterocycles. The van der Waals surface area contributed by atoms with Crippen molar-refractivity contribution in [1.29, 1.82) is 0 Å². The molecule has 1 unspecified atom stereocenters. The highest BCUT2D eigenvalue weighted by Crippen LogP contribution is 2.29. The predicted octanol–water partition coefficient (Wildman–Crippen LogP) is 6.77. The standard InChI is InChI=1S/C34H41ClN2O4/c1-3-40-31-20-18-26(23-32(31)41-4-2)19-21-33(38)37(24-27-14-8-11-17-29(27)35)30(22-25-12-6-5-7-13-25)34(39)36-28-15-9-10-16-28/h5-8,11-14,17-18,20,23,28,30H,3-4,9-10,15-16,19,21-22,24H2,1-2H3,(H,36,39). The van der Waals surface area contributed by atoms with Gasteiger partial charge in [-0.1, -0.05) is 79.0 Å². The third-order valence-electron chi connectivity index (χ3n) is 7.51. The van der Waals surface area contributed by atoms with E-state index in [1.54, 1.807) is 4.90 Å². The molecule has 1 fully saturated rings. The van der Waals surface area contributed by atoms with Crippen LogP contribution in [0.1, 0.15) is 62.6 Å². The molecular formula is C34H41ClN2O4. The molecule has 41 heavy (non-hydrogen) atoms. The molecule has 1 aliphatic carbocycles. The Labute approximate surface area is 249 Å². The van der Waals surface area contributed by atoms with Gasteiger partial charge in [-0.2, -0.15) is 0 Å². The molecule has 0 radical (unpaired) electrons. The molecule has 1 atom stereocenters. The van der Waals surface area contributed by atoms with E-state index in [0.29, 0.717) is 42.6 Å². The molecular weight excluding hydrogens is 536 g/mol. The lowest BCUT2D eigenvalue weighted by Crippen LogP contribution is -2.52. The molecule has 1 saturated carbocycles. The van der Waals surface area contributed by atoms with Crippen LogP contribution in [-0.2, 0) is 29.0 Å². The Balaban J connectivity index is 1.60. The van der Waals surface area contributed by atoms with Gasteiger partial charge in [0.1, 0.15) is 6.04 Å². The highest BCUT2D eigenvalue weighted by atomic mass is 35.5. The summed E-state index contributed by atoms with van der Waals surface area (Å²) in [5.74, 6) is 1.15. The Morgan fingerprint density at radius 3 is 2.29 bits per heavy atom. The van der Waals surface area contributed by atoms with E-state index in [4.69, 9.17) is 21.1 Å². The van der Waals surface area contributed by atoms with Crippen LogP contribution in [0.5, 0.6) is 11.5 Å². The summed E-state index contributed by atoms with van der Waals surface area (Å²) in [6.07, 6.45) is 5.35. The maximum atomic E-state index is 14.0. The first-order chi connectivity index (χ1) is 20.0. The van der Waals surface area contributed by atoms with Crippen LogP contribution in [0.3, 0.4) is 0 Å². The van der Waals surface area contributed by atoms with Crippen LogP contribution in [0, 0.1) is 0 Å². The van der Waals surface area contributed by atoms with Gasteiger partial charge in [-0.05, 0) is 68.0 Å². The number of nitrogens with zero attached hydrogens (tertiary/aromatic N) is 1. The van der Waals surface area contributed by atoms with Gasteiger partial charge >= 0.3 is 0 Å². The minimum atomic E-state index is -0.666. The number of nitrogens with one attached hydrogen (secondary N) is 1. The van der Waals surface area contributed by atoms with Crippen LogP contribution in [0.15, 0.2) is 72.8 Å². The topological polar surface area (TPSA) is 67.9 Å². The number of hydrogen-bond acceptors (Lipinski definition) is 4. The number of hydrogen-bond donors (Lipinski definition) is 1. The fraction of sp³-hybridized carbons (Fsp3) is 0.412. The molecule has 2 amide bonds. The van der Waals surface area contributed by atoms with Gasteiger partial charge in [0.05, 0.1) is 13.2 Å². The number of aryl methyl sites for hydroxylation is 1. The fourth-order valence-electron chi connectivity index (χ4n) is 5.38. The quantitative estimate of drug-likeness (QED) is 0.230. The summed E-state index contributed by atoms with van der Waals surface area (Å²) in [6.45, 7) is 5.18. The van der Waals surface area contributed by atoms with Crippen LogP contribution >= 0.6 is 11.6 Å². The van der Waals surface area contributed by atoms with Crippen LogP contribution in [0.2, 0.25) is 5.02 Å². The third-order valence-corrected chi connectivity index (χ3v) is 7.88. The monoisotopic (exact) mass is 576 g/mol. The lowest BCUT2D eigenvalue weighted by molar-refractivity contribution is -0.141. The number of rotatable bonds is 14. The minimum absolute atomic E-state index is 0.0979. The van der Waals surface area contributed by atoms with Crippen molar-refractivity contribution in [2.45, 2.75) is 77.4 Å². The summed E-state index contributed by atoms with van der Waals surface area (Å²) in [6, 6.07) is 22.7. The third kappa shape index (κ3) is 8.74. The van der Waals surface area contributed by atoms with Gasteiger partial charge in [-0.3, -0.25) is 9.59 Å². The first-order valence-electron chi connectivity index (χ1n) is 14.7. The molecule has 218 valence electrons. The van der Waals surface area contributed by atoms with E-state index in [1.807, 2.05) is 86.6 Å². The normalized spacial score (nSPS) is 13.9. The van der Waals surface area contributed by atoms with Gasteiger partial charge in [0.2, 0.25) is 11.8 Å². The fourth-order valence-corrected chi connectivity index (χ4v) is 5.57. The SMILES string of the molecule is CCOc1ccc(CCC(=O)N(Cc2ccccc2Cl)C(Cc2ccccc2)C(=O)NC2CCCC2)cc1OCC. The van der Waals surface area contributed by atoms with Crippen LogP contribution < -0.4 is 14.8 Å². The first kappa shape index (κ1) is 30.4. The van der Waals surface area contributed by atoms with Crippen molar-refractivity contribution < 1.29 is 19.1 Å². The predicted molar refractivity (Wildman–Crippen MR) is 163 cm³/mol. The smallest absolute Gasteiger partial charge is 0.243 e. The second-order valence-corrected chi connectivity index (χ2v) is 10.9. The number of halogens is 1. The molecule has 3 aromatic rings. The summed E-state index contributed by atoms with van der Waals surface area (Å²) >= 11 is 6.55. The highest BCUT2D eigenvalue weighted by Gasteiger charge is 2.32. The van der Waals surface area contributed by atoms with Crippen molar-refractivity contribution in [3.05, 3.63) is 94.5 Å². The zero-order valence-electron chi connectivity index (χ0n) is 24.1. The molecule has 1 N–H and O–H groups in total. The summed E-state index contributed by atoms with van der Waals surface area (Å²) < 4.78 is 11.5. The number of ether oxygens (including phenoxy) is 2. The molecule has 0 aliphatic heterocycles. The van der Waals surface area contributed by atoms with Gasteiger partial charge in [0.15, 0.2) is 11.5 Å². The second-order valence-electron chi connectivity index (χ2n) is 10.5. The largest absolute Gasteiger partial charge is 0.490 e. The lowest BCUT2D eigenvalue weighted by atomic mass is 10.0. The number of amides is 2. The van der Waals surface area contributed by atoms with E-state index in [0.717, 1.165) is 42.4 Å². The lowest BCUT2D eigenvalue weighted by Gasteiger charge is -2.32. The van der Waals surface area contributed by atoms with Gasteiger partial charge in [0.25, 0.3) is 0 Å². The Bertz CT molecular complexity index is 1280. The molecule has 1 aliphatic rings. The van der Waals surface area contributed by atoms with Gasteiger partial charge in [0, 0.05) is 30.5 Å². The van der Waals surface area contributed by atoms with Crippen molar-refractivity contribution in [3.63, 3.8) is 0 Å². The maximum absolute atomic E-state index is 14.0. The van der Waals surface area contributed by atoms with Crippen molar-refractivity contribution in [2.24, 2.45) is 0 Å². The number of carbonyl (C=O) groups is 2. The number of carbonyl (C=O) groups excluding carboxylic acids is 2. The Morgan fingerprint density at radius 1 is 0.902 bits per heavy atom. The van der Waals surface area contributed by atoms with Crippen molar-refractivity contribution in [2.75, 3.05) is 13.2 Å². The van der Waals surface area contributed by atoms with Crippen molar-refractivity contribution in [1.82, 2.24) is 10.2 Å². The zero-order valence-corrected chi connectivity index (χ0v) is 24.9. The molecule has 0 saturated heterocycles. The van der Waals surface area contributed by atoms with E-state index >= 15 is 0 Å². The Morgan fingerprint density at radius 2 is 1.59 bits per heavy atom. The molecule has 7 heteroatoms. The summed E-state index contributed by atoms with van der Waals surface area (Å²) in [4.78, 5) is 29.6. The van der Waals surface area contributed by atoms with Crippen molar-refractivity contribution >= 4 is 23.4 Å². The van der Waals surface area contributed by atoms with E-state index in [9.17, 15) is 9.59 Å². The summed E-state index contributed by atoms with van der Waals surface area (Å²) in [5.41, 5.74) is 2.79. The van der Waals surface area contributed by atoms with Gasteiger partial charge in [-0.15, -0.1) is 0 Å². The van der Waals surface area contributed by atoms with Crippen LogP contribution in [0.25, 0.3) is 0 Å². The Hall–Kier alpha value is -3.51. The van der Waals surface area contributed by atoms with E-state index in [2.05, 4.69) is 5.32 Å². The average Bonchev–Trinajstić information content (AvgIpc) is 3.49. The molecule has 0 heterocycles. The first-order valence-corrected chi connectivity index (χ1v) is 15.1. The minimum Gasteiger partial charge on any atom is -0.490 e. The summed E-state index contributed by atoms with van der Waals surface area (Å²) in [5, 5.41) is 3.83. The van der Waals surface area contributed by atoms with Gasteiger partial charge in [-0.25, -0.2) is 0 Å². The Kier molecular flexibility index (Phi) is 11.5. The molecule has 0 bridgehead atoms. The molecule has 0 spiro atoms.